The number of methoxy groups -OCH3 is 1. The van der Waals surface area contributed by atoms with Gasteiger partial charge in [0.15, 0.2) is 9.84 Å². The smallest absolute Gasteiger partial charge is 0.152 e. The van der Waals surface area contributed by atoms with Crippen LogP contribution in [0.4, 0.5) is 0 Å². The van der Waals surface area contributed by atoms with E-state index in [0.717, 1.165) is 0 Å². The summed E-state index contributed by atoms with van der Waals surface area (Å²) in [6.45, 7) is 0.211. The highest BCUT2D eigenvalue weighted by Crippen LogP contribution is 2.31. The summed E-state index contributed by atoms with van der Waals surface area (Å²) in [6, 6.07) is 2.03. The summed E-state index contributed by atoms with van der Waals surface area (Å²) < 4.78 is 27.0. The third-order valence-electron chi connectivity index (χ3n) is 2.05. The molecule has 0 amide bonds. The first-order chi connectivity index (χ1) is 5.54. The monoisotopic (exact) mass is 189 g/mol. The predicted octanol–water partition coefficient (Wildman–Crippen LogP) is -0.0387. The molecule has 0 aromatic carbocycles. The van der Waals surface area contributed by atoms with Gasteiger partial charge in [0, 0.05) is 7.11 Å². The van der Waals surface area contributed by atoms with Crippen LogP contribution in [0.1, 0.15) is 6.42 Å². The zero-order chi connectivity index (χ0) is 9.24. The number of nitrogens with zero attached hydrogens (tertiary/aromatic N) is 1. The van der Waals surface area contributed by atoms with Crippen molar-refractivity contribution in [2.75, 3.05) is 25.2 Å². The highest BCUT2D eigenvalue weighted by atomic mass is 32.2. The first-order valence-corrected chi connectivity index (χ1v) is 5.46. The van der Waals surface area contributed by atoms with Crippen LogP contribution < -0.4 is 0 Å². The van der Waals surface area contributed by atoms with E-state index < -0.39 is 15.3 Å². The van der Waals surface area contributed by atoms with E-state index in [1.54, 1.807) is 0 Å². The topological polar surface area (TPSA) is 67.2 Å². The molecule has 0 aromatic heterocycles. The molecule has 1 aliphatic heterocycles. The molecule has 0 spiro atoms. The van der Waals surface area contributed by atoms with E-state index in [1.807, 2.05) is 6.07 Å². The van der Waals surface area contributed by atoms with Crippen LogP contribution in [0.3, 0.4) is 0 Å². The molecule has 1 fully saturated rings. The summed E-state index contributed by atoms with van der Waals surface area (Å²) in [5.74, 6) is 0.0637. The van der Waals surface area contributed by atoms with Gasteiger partial charge in [0.25, 0.3) is 0 Å². The zero-order valence-corrected chi connectivity index (χ0v) is 7.73. The second kappa shape index (κ2) is 3.04. The molecule has 0 N–H and O–H groups in total. The lowest BCUT2D eigenvalue weighted by Crippen LogP contribution is -2.25. The van der Waals surface area contributed by atoms with Crippen molar-refractivity contribution in [1.82, 2.24) is 0 Å². The van der Waals surface area contributed by atoms with Crippen LogP contribution in [0, 0.1) is 16.7 Å². The molecule has 4 nitrogen and oxygen atoms in total. The summed E-state index contributed by atoms with van der Waals surface area (Å²) in [4.78, 5) is 0. The third-order valence-corrected chi connectivity index (χ3v) is 3.86. The maximum Gasteiger partial charge on any atom is 0.152 e. The molecule has 68 valence electrons. The molecule has 1 saturated heterocycles. The molecule has 1 aliphatic rings. The Balaban J connectivity index is 2.81. The van der Waals surface area contributed by atoms with Crippen LogP contribution in [0.2, 0.25) is 0 Å². The molecule has 0 radical (unpaired) electrons. The molecular formula is C7H11NO3S. The summed E-state index contributed by atoms with van der Waals surface area (Å²) in [5.41, 5.74) is -0.784. The van der Waals surface area contributed by atoms with Gasteiger partial charge >= 0.3 is 0 Å². The molecule has 0 aliphatic carbocycles. The molecule has 12 heavy (non-hydrogen) atoms. The molecule has 1 atom stereocenters. The lowest BCUT2D eigenvalue weighted by atomic mass is 9.91. The highest BCUT2D eigenvalue weighted by molar-refractivity contribution is 7.91. The molecule has 1 rings (SSSR count). The SMILES string of the molecule is COCC1(C#N)CCS(=O)(=O)C1. The Morgan fingerprint density at radius 2 is 2.33 bits per heavy atom. The molecule has 0 saturated carbocycles. The van der Waals surface area contributed by atoms with Crippen molar-refractivity contribution >= 4 is 9.84 Å². The van der Waals surface area contributed by atoms with E-state index >= 15 is 0 Å². The van der Waals surface area contributed by atoms with Crippen molar-refractivity contribution < 1.29 is 13.2 Å². The first-order valence-electron chi connectivity index (χ1n) is 3.64. The zero-order valence-electron chi connectivity index (χ0n) is 6.91. The van der Waals surface area contributed by atoms with Crippen LogP contribution >= 0.6 is 0 Å². The van der Waals surface area contributed by atoms with Gasteiger partial charge < -0.3 is 4.74 Å². The van der Waals surface area contributed by atoms with E-state index in [4.69, 9.17) is 10.00 Å². The standard InChI is InChI=1S/C7H11NO3S/c1-11-5-7(4-8)2-3-12(9,10)6-7/h2-3,5-6H2,1H3. The van der Waals surface area contributed by atoms with Crippen molar-refractivity contribution in [3.8, 4) is 6.07 Å². The van der Waals surface area contributed by atoms with Crippen LogP contribution in [0.25, 0.3) is 0 Å². The van der Waals surface area contributed by atoms with Crippen molar-refractivity contribution in [2.24, 2.45) is 5.41 Å². The van der Waals surface area contributed by atoms with Gasteiger partial charge in [-0.15, -0.1) is 0 Å². The minimum absolute atomic E-state index is 0.0513. The van der Waals surface area contributed by atoms with Gasteiger partial charge in [-0.1, -0.05) is 0 Å². The Hall–Kier alpha value is -0.600. The largest absolute Gasteiger partial charge is 0.383 e. The third kappa shape index (κ3) is 1.76. The number of hydrogen-bond acceptors (Lipinski definition) is 4. The van der Waals surface area contributed by atoms with Gasteiger partial charge in [-0.25, -0.2) is 8.42 Å². The van der Waals surface area contributed by atoms with Crippen molar-refractivity contribution in [2.45, 2.75) is 6.42 Å². The molecule has 1 heterocycles. The van der Waals surface area contributed by atoms with Gasteiger partial charge in [-0.2, -0.15) is 5.26 Å². The van der Waals surface area contributed by atoms with Crippen LogP contribution in [-0.4, -0.2) is 33.6 Å². The average Bonchev–Trinajstić information content (AvgIpc) is 2.29. The summed E-state index contributed by atoms with van der Waals surface area (Å²) in [7, 11) is -1.51. The highest BCUT2D eigenvalue weighted by Gasteiger charge is 2.42. The minimum Gasteiger partial charge on any atom is -0.383 e. The Kier molecular flexibility index (Phi) is 2.40. The van der Waals surface area contributed by atoms with E-state index in [2.05, 4.69) is 0 Å². The molecule has 1 unspecified atom stereocenters. The second-order valence-corrected chi connectivity index (χ2v) is 5.35. The number of rotatable bonds is 2. The minimum atomic E-state index is -2.99. The Bertz CT molecular complexity index is 303. The quantitative estimate of drug-likeness (QED) is 0.611. The average molecular weight is 189 g/mol. The van der Waals surface area contributed by atoms with Crippen molar-refractivity contribution in [3.05, 3.63) is 0 Å². The van der Waals surface area contributed by atoms with E-state index in [-0.39, 0.29) is 18.1 Å². The fraction of sp³-hybridized carbons (Fsp3) is 0.857. The number of ether oxygens (including phenoxy) is 1. The van der Waals surface area contributed by atoms with E-state index in [1.165, 1.54) is 7.11 Å². The maximum absolute atomic E-state index is 11.1. The Morgan fingerprint density at radius 1 is 1.67 bits per heavy atom. The lowest BCUT2D eigenvalue weighted by Gasteiger charge is -2.16. The maximum atomic E-state index is 11.1. The van der Waals surface area contributed by atoms with Gasteiger partial charge in [-0.3, -0.25) is 0 Å². The lowest BCUT2D eigenvalue weighted by molar-refractivity contribution is 0.130. The Morgan fingerprint density at radius 3 is 2.67 bits per heavy atom. The number of hydrogen-bond donors (Lipinski definition) is 0. The van der Waals surface area contributed by atoms with Gasteiger partial charge in [0.05, 0.1) is 29.6 Å². The summed E-state index contributed by atoms with van der Waals surface area (Å²) in [6.07, 6.45) is 0.402. The molecular weight excluding hydrogens is 178 g/mol. The van der Waals surface area contributed by atoms with E-state index in [0.29, 0.717) is 6.42 Å². The summed E-state index contributed by atoms with van der Waals surface area (Å²) >= 11 is 0. The fourth-order valence-corrected chi connectivity index (χ4v) is 3.41. The number of nitriles is 1. The fourth-order valence-electron chi connectivity index (χ4n) is 1.43. The van der Waals surface area contributed by atoms with Gasteiger partial charge in [0.1, 0.15) is 0 Å². The number of sulfone groups is 1. The Labute approximate surface area is 72.1 Å². The normalized spacial score (nSPS) is 33.0. The first kappa shape index (κ1) is 9.49. The molecule has 5 heteroatoms. The van der Waals surface area contributed by atoms with Crippen molar-refractivity contribution in [1.29, 1.82) is 5.26 Å². The summed E-state index contributed by atoms with van der Waals surface area (Å²) in [5, 5.41) is 8.79. The predicted molar refractivity (Wildman–Crippen MR) is 43.2 cm³/mol. The van der Waals surface area contributed by atoms with E-state index in [9.17, 15) is 8.42 Å². The van der Waals surface area contributed by atoms with Crippen LogP contribution in [0.15, 0.2) is 0 Å². The second-order valence-electron chi connectivity index (χ2n) is 3.17. The molecule has 0 aromatic rings. The van der Waals surface area contributed by atoms with Gasteiger partial charge in [-0.05, 0) is 6.42 Å². The van der Waals surface area contributed by atoms with Crippen LogP contribution in [-0.2, 0) is 14.6 Å². The van der Waals surface area contributed by atoms with Crippen molar-refractivity contribution in [3.63, 3.8) is 0 Å². The van der Waals surface area contributed by atoms with Crippen LogP contribution in [0.5, 0.6) is 0 Å². The van der Waals surface area contributed by atoms with Gasteiger partial charge in [0.2, 0.25) is 0 Å². The molecule has 0 bridgehead atoms.